The van der Waals surface area contributed by atoms with Crippen LogP contribution < -0.4 is 5.32 Å². The maximum Gasteiger partial charge on any atom is 0.259 e. The minimum Gasteiger partial charge on any atom is -0.306 e. The Morgan fingerprint density at radius 1 is 1.27 bits per heavy atom. The number of imidazole rings is 1. The Balaban J connectivity index is 1.43. The molecule has 10 nitrogen and oxygen atoms in total. The zero-order valence-corrected chi connectivity index (χ0v) is 15.9. The summed E-state index contributed by atoms with van der Waals surface area (Å²) in [5.74, 6) is -0.201. The molecule has 0 radical (unpaired) electrons. The second-order valence-electron chi connectivity index (χ2n) is 7.05. The zero-order chi connectivity index (χ0) is 20.7. The predicted octanol–water partition coefficient (Wildman–Crippen LogP) is 2.42. The van der Waals surface area contributed by atoms with Gasteiger partial charge in [-0.2, -0.15) is 5.21 Å². The molecule has 150 valence electrons. The normalized spacial score (nSPS) is 13.4. The molecule has 1 saturated carbocycles. The highest BCUT2D eigenvalue weighted by Gasteiger charge is 2.26. The third kappa shape index (κ3) is 3.41. The number of tetrazole rings is 1. The second-order valence-corrected chi connectivity index (χ2v) is 7.05. The Kier molecular flexibility index (Phi) is 4.27. The smallest absolute Gasteiger partial charge is 0.259 e. The first kappa shape index (κ1) is 18.0. The molecule has 1 fully saturated rings. The van der Waals surface area contributed by atoms with Gasteiger partial charge in [-0.05, 0) is 48.7 Å². The van der Waals surface area contributed by atoms with E-state index in [-0.39, 0.29) is 23.0 Å². The third-order valence-corrected chi connectivity index (χ3v) is 4.85. The van der Waals surface area contributed by atoms with Crippen LogP contribution in [0.5, 0.6) is 0 Å². The number of aryl methyl sites for hydroxylation is 1. The number of anilines is 1. The van der Waals surface area contributed by atoms with Gasteiger partial charge >= 0.3 is 0 Å². The first-order valence-corrected chi connectivity index (χ1v) is 9.31. The van der Waals surface area contributed by atoms with E-state index in [1.807, 2.05) is 10.8 Å². The Bertz CT molecular complexity index is 1230. The van der Waals surface area contributed by atoms with E-state index in [2.05, 4.69) is 40.9 Å². The van der Waals surface area contributed by atoms with Crippen molar-refractivity contribution < 1.29 is 9.18 Å². The summed E-state index contributed by atoms with van der Waals surface area (Å²) in [5, 5.41) is 15.9. The molecule has 30 heavy (non-hydrogen) atoms. The number of nitrogens with zero attached hydrogens (tertiary/aromatic N) is 7. The summed E-state index contributed by atoms with van der Waals surface area (Å²) in [6, 6.07) is 4.34. The predicted molar refractivity (Wildman–Crippen MR) is 103 cm³/mol. The molecule has 1 amide bonds. The number of hydrogen-bond acceptors (Lipinski definition) is 7. The lowest BCUT2D eigenvalue weighted by molar-refractivity contribution is 0.102. The van der Waals surface area contributed by atoms with Gasteiger partial charge in [0, 0.05) is 18.3 Å². The lowest BCUT2D eigenvalue weighted by Crippen LogP contribution is -2.16. The topological polar surface area (TPSA) is 127 Å². The lowest BCUT2D eigenvalue weighted by atomic mass is 10.1. The molecule has 11 heteroatoms. The molecule has 0 spiro atoms. The monoisotopic (exact) mass is 405 g/mol. The van der Waals surface area contributed by atoms with Crippen molar-refractivity contribution in [3.63, 3.8) is 0 Å². The van der Waals surface area contributed by atoms with Gasteiger partial charge in [0.15, 0.2) is 0 Å². The first-order chi connectivity index (χ1) is 14.6. The lowest BCUT2D eigenvalue weighted by Gasteiger charge is -2.11. The van der Waals surface area contributed by atoms with Crippen molar-refractivity contribution in [2.75, 3.05) is 5.32 Å². The molecule has 0 saturated heterocycles. The third-order valence-electron chi connectivity index (χ3n) is 4.85. The van der Waals surface area contributed by atoms with Gasteiger partial charge in [0.25, 0.3) is 5.91 Å². The van der Waals surface area contributed by atoms with Crippen LogP contribution in [-0.2, 0) is 0 Å². The summed E-state index contributed by atoms with van der Waals surface area (Å²) in [6.45, 7) is 1.79. The fraction of sp³-hybridized carbons (Fsp3) is 0.211. The minimum absolute atomic E-state index is 0.100. The van der Waals surface area contributed by atoms with E-state index in [0.29, 0.717) is 17.2 Å². The molecule has 0 atom stereocenters. The number of amides is 1. The second kappa shape index (κ2) is 7.10. The van der Waals surface area contributed by atoms with E-state index in [1.54, 1.807) is 13.3 Å². The van der Waals surface area contributed by atoms with Crippen LogP contribution in [-0.4, -0.2) is 46.1 Å². The minimum atomic E-state index is -0.631. The summed E-state index contributed by atoms with van der Waals surface area (Å²) in [7, 11) is 0. The maximum atomic E-state index is 14.6. The summed E-state index contributed by atoms with van der Waals surface area (Å²) >= 11 is 0. The Morgan fingerprint density at radius 2 is 2.13 bits per heavy atom. The summed E-state index contributed by atoms with van der Waals surface area (Å²) in [5.41, 5.74) is 2.30. The van der Waals surface area contributed by atoms with Crippen LogP contribution in [0.1, 0.15) is 40.4 Å². The molecule has 4 aromatic rings. The molecule has 1 aliphatic rings. The molecule has 0 bridgehead atoms. The van der Waals surface area contributed by atoms with E-state index < -0.39 is 11.7 Å². The van der Waals surface area contributed by atoms with Crippen molar-refractivity contribution in [3.05, 3.63) is 59.6 Å². The number of carbonyl (C=O) groups is 1. The van der Waals surface area contributed by atoms with E-state index in [9.17, 15) is 9.18 Å². The van der Waals surface area contributed by atoms with E-state index in [4.69, 9.17) is 0 Å². The molecule has 2 N–H and O–H groups in total. The number of nitrogens with one attached hydrogen (secondary N) is 2. The quantitative estimate of drug-likeness (QED) is 0.522. The number of aromatic amines is 1. The molecular weight excluding hydrogens is 389 g/mol. The Morgan fingerprint density at radius 3 is 2.90 bits per heavy atom. The SMILES string of the molecule is Cc1cc(F)c(C(=O)Nc2ccnc(-c3nn[nH]n3)n2)cc1-n1cnc(C2CC2)c1. The Hall–Kier alpha value is -4.02. The average Bonchev–Trinajstić information content (AvgIpc) is 3.23. The van der Waals surface area contributed by atoms with Gasteiger partial charge in [-0.25, -0.2) is 19.3 Å². The van der Waals surface area contributed by atoms with Crippen molar-refractivity contribution in [3.8, 4) is 17.3 Å². The van der Waals surface area contributed by atoms with E-state index in [1.165, 1.54) is 24.4 Å². The molecule has 5 rings (SSSR count). The average molecular weight is 405 g/mol. The van der Waals surface area contributed by atoms with Gasteiger partial charge in [0.2, 0.25) is 11.6 Å². The van der Waals surface area contributed by atoms with Gasteiger partial charge in [0.05, 0.1) is 23.3 Å². The van der Waals surface area contributed by atoms with Crippen molar-refractivity contribution in [1.82, 2.24) is 40.1 Å². The van der Waals surface area contributed by atoms with Crippen LogP contribution in [0, 0.1) is 12.7 Å². The number of halogens is 1. The standard InChI is InChI=1S/C19H16FN9O/c1-10-6-13(20)12(7-15(10)29-8-14(22-9-29)11-2-3-11)19(30)24-16-4-5-21-17(23-16)18-25-27-28-26-18/h4-9,11H,2-3H2,1H3,(H,21,23,24,30)(H,25,26,27,28). The molecule has 1 aliphatic carbocycles. The van der Waals surface area contributed by atoms with Crippen molar-refractivity contribution in [2.24, 2.45) is 0 Å². The maximum absolute atomic E-state index is 14.6. The molecule has 3 heterocycles. The number of H-pyrrole nitrogens is 1. The fourth-order valence-corrected chi connectivity index (χ4v) is 3.15. The highest BCUT2D eigenvalue weighted by atomic mass is 19.1. The molecule has 0 unspecified atom stereocenters. The largest absolute Gasteiger partial charge is 0.306 e. The highest BCUT2D eigenvalue weighted by Crippen LogP contribution is 2.39. The van der Waals surface area contributed by atoms with Gasteiger partial charge < -0.3 is 9.88 Å². The fourth-order valence-electron chi connectivity index (χ4n) is 3.15. The van der Waals surface area contributed by atoms with Crippen LogP contribution in [0.15, 0.2) is 36.9 Å². The van der Waals surface area contributed by atoms with Crippen LogP contribution >= 0.6 is 0 Å². The van der Waals surface area contributed by atoms with Gasteiger partial charge in [-0.1, -0.05) is 0 Å². The number of hydrogen-bond donors (Lipinski definition) is 2. The number of benzene rings is 1. The van der Waals surface area contributed by atoms with Gasteiger partial charge in [-0.15, -0.1) is 10.2 Å². The number of aromatic nitrogens is 8. The summed E-state index contributed by atoms with van der Waals surface area (Å²) < 4.78 is 16.4. The highest BCUT2D eigenvalue weighted by molar-refractivity contribution is 6.04. The molecule has 0 aliphatic heterocycles. The first-order valence-electron chi connectivity index (χ1n) is 9.31. The molecular formula is C19H16FN9O. The molecule has 1 aromatic carbocycles. The van der Waals surface area contributed by atoms with Crippen LogP contribution in [0.3, 0.4) is 0 Å². The number of carbonyl (C=O) groups excluding carboxylic acids is 1. The van der Waals surface area contributed by atoms with Crippen molar-refractivity contribution in [2.45, 2.75) is 25.7 Å². The Labute approximate surface area is 169 Å². The van der Waals surface area contributed by atoms with E-state index >= 15 is 0 Å². The summed E-state index contributed by atoms with van der Waals surface area (Å²) in [6.07, 6.45) is 7.34. The van der Waals surface area contributed by atoms with Gasteiger partial charge in [0.1, 0.15) is 11.6 Å². The molecule has 3 aromatic heterocycles. The zero-order valence-electron chi connectivity index (χ0n) is 15.9. The van der Waals surface area contributed by atoms with E-state index in [0.717, 1.165) is 18.5 Å². The van der Waals surface area contributed by atoms with Crippen LogP contribution in [0.4, 0.5) is 10.2 Å². The van der Waals surface area contributed by atoms with Crippen molar-refractivity contribution >= 4 is 11.7 Å². The van der Waals surface area contributed by atoms with Gasteiger partial charge in [-0.3, -0.25) is 4.79 Å². The summed E-state index contributed by atoms with van der Waals surface area (Å²) in [4.78, 5) is 25.4. The van der Waals surface area contributed by atoms with Crippen molar-refractivity contribution in [1.29, 1.82) is 0 Å². The number of rotatable bonds is 5. The van der Waals surface area contributed by atoms with Crippen LogP contribution in [0.2, 0.25) is 0 Å². The van der Waals surface area contributed by atoms with Crippen LogP contribution in [0.25, 0.3) is 17.3 Å².